The summed E-state index contributed by atoms with van der Waals surface area (Å²) in [6, 6.07) is 52.2. The number of para-hydroxylation sites is 1. The van der Waals surface area contributed by atoms with Crippen LogP contribution in [0.5, 0.6) is 0 Å². The maximum atomic E-state index is 6.77. The molecule has 0 spiro atoms. The second kappa shape index (κ2) is 11.6. The van der Waals surface area contributed by atoms with Gasteiger partial charge in [-0.05, 0) is 110 Å². The van der Waals surface area contributed by atoms with Crippen molar-refractivity contribution in [3.05, 3.63) is 146 Å². The summed E-state index contributed by atoms with van der Waals surface area (Å²) >= 11 is 1.84. The van der Waals surface area contributed by atoms with E-state index in [1.165, 1.54) is 25.6 Å². The van der Waals surface area contributed by atoms with Gasteiger partial charge in [-0.1, -0.05) is 84.9 Å². The maximum absolute atomic E-state index is 6.77. The predicted molar refractivity (Wildman–Crippen MR) is 220 cm³/mol. The first-order valence-corrected chi connectivity index (χ1v) is 18.7. The summed E-state index contributed by atoms with van der Waals surface area (Å²) in [5, 5.41) is 7.03. The number of furan rings is 1. The molecule has 1 fully saturated rings. The average molecular weight is 694 g/mol. The third-order valence-corrected chi connectivity index (χ3v) is 12.2. The Morgan fingerprint density at radius 1 is 0.538 bits per heavy atom. The molecule has 2 aromatic heterocycles. The van der Waals surface area contributed by atoms with Crippen molar-refractivity contribution in [1.82, 2.24) is 0 Å². The molecule has 1 aliphatic rings. The predicted octanol–water partition coefficient (Wildman–Crippen LogP) is 12.5. The molecule has 4 nitrogen and oxygen atoms in total. The highest BCUT2D eigenvalue weighted by atomic mass is 32.1. The summed E-state index contributed by atoms with van der Waals surface area (Å²) in [5.74, 6) is 0. The summed E-state index contributed by atoms with van der Waals surface area (Å²) < 4.78 is 22.5. The standard InChI is InChI=1S/C46H36BNO3S/c1-45(2)46(3,4)51-47(50-45)39-24-23-35(43-38-26-30-12-8-9-13-31(30)27-40(38)49-44(39)43)29-18-20-33(21-19-29)48(32-14-6-5-7-15-32)34-22-25-42-37(28-34)36-16-10-11-17-41(36)52-42/h5-28H,1-4H3. The van der Waals surface area contributed by atoms with E-state index in [1.807, 2.05) is 11.3 Å². The van der Waals surface area contributed by atoms with E-state index in [0.29, 0.717) is 0 Å². The van der Waals surface area contributed by atoms with Gasteiger partial charge in [0, 0.05) is 53.5 Å². The molecule has 10 rings (SSSR count). The zero-order valence-electron chi connectivity index (χ0n) is 29.5. The van der Waals surface area contributed by atoms with Crippen molar-refractivity contribution in [2.24, 2.45) is 0 Å². The lowest BCUT2D eigenvalue weighted by molar-refractivity contribution is 0.00578. The number of hydrogen-bond acceptors (Lipinski definition) is 5. The molecule has 0 bridgehead atoms. The van der Waals surface area contributed by atoms with Crippen LogP contribution in [0, 0.1) is 0 Å². The quantitative estimate of drug-likeness (QED) is 0.168. The average Bonchev–Trinajstić information content (AvgIpc) is 3.78. The van der Waals surface area contributed by atoms with Crippen LogP contribution in [0.25, 0.3) is 64.0 Å². The smallest absolute Gasteiger partial charge is 0.456 e. The molecule has 7 aromatic carbocycles. The van der Waals surface area contributed by atoms with Crippen LogP contribution in [0.4, 0.5) is 17.1 Å². The zero-order valence-corrected chi connectivity index (χ0v) is 30.3. The minimum atomic E-state index is -0.545. The second-order valence-corrected chi connectivity index (χ2v) is 15.9. The number of nitrogens with zero attached hydrogens (tertiary/aromatic N) is 1. The van der Waals surface area contributed by atoms with E-state index in [2.05, 4.69) is 178 Å². The van der Waals surface area contributed by atoms with Gasteiger partial charge in [0.15, 0.2) is 0 Å². The number of rotatable bonds is 5. The fraction of sp³-hybridized carbons (Fsp3) is 0.130. The summed E-state index contributed by atoms with van der Waals surface area (Å²) in [6.07, 6.45) is 0. The molecule has 0 saturated carbocycles. The van der Waals surface area contributed by atoms with Gasteiger partial charge in [0.1, 0.15) is 11.2 Å². The third-order valence-electron chi connectivity index (χ3n) is 11.1. The number of thiophene rings is 1. The Kier molecular flexibility index (Phi) is 6.97. The first-order valence-electron chi connectivity index (χ1n) is 17.8. The van der Waals surface area contributed by atoms with E-state index in [1.54, 1.807) is 0 Å². The molecule has 252 valence electrons. The van der Waals surface area contributed by atoms with Gasteiger partial charge >= 0.3 is 7.12 Å². The van der Waals surface area contributed by atoms with Gasteiger partial charge in [0.2, 0.25) is 0 Å². The SMILES string of the molecule is CC1(C)OB(c2ccc(-c3ccc(N(c4ccccc4)c4ccc5sc6ccccc6c5c4)cc3)c3c2oc2cc4ccccc4cc23)OC1(C)C. The summed E-state index contributed by atoms with van der Waals surface area (Å²) in [6.45, 7) is 8.35. The summed E-state index contributed by atoms with van der Waals surface area (Å²) in [7, 11) is -0.545. The third kappa shape index (κ3) is 4.90. The van der Waals surface area contributed by atoms with Crippen LogP contribution >= 0.6 is 11.3 Å². The summed E-state index contributed by atoms with van der Waals surface area (Å²) in [5.41, 5.74) is 7.14. The van der Waals surface area contributed by atoms with Gasteiger partial charge in [0.05, 0.1) is 11.2 Å². The van der Waals surface area contributed by atoms with E-state index in [4.69, 9.17) is 13.7 Å². The molecule has 1 aliphatic heterocycles. The van der Waals surface area contributed by atoms with Crippen molar-refractivity contribution in [2.45, 2.75) is 38.9 Å². The zero-order chi connectivity index (χ0) is 35.2. The van der Waals surface area contributed by atoms with E-state index >= 15 is 0 Å². The lowest BCUT2D eigenvalue weighted by Crippen LogP contribution is -2.41. The van der Waals surface area contributed by atoms with E-state index < -0.39 is 18.3 Å². The van der Waals surface area contributed by atoms with Crippen LogP contribution in [-0.4, -0.2) is 18.3 Å². The van der Waals surface area contributed by atoms with Crippen LogP contribution in [-0.2, 0) is 9.31 Å². The minimum Gasteiger partial charge on any atom is -0.456 e. The number of anilines is 3. The highest BCUT2D eigenvalue weighted by Crippen LogP contribution is 2.44. The largest absolute Gasteiger partial charge is 0.498 e. The molecular weight excluding hydrogens is 657 g/mol. The molecule has 6 heteroatoms. The first-order chi connectivity index (χ1) is 25.2. The van der Waals surface area contributed by atoms with Crippen molar-refractivity contribution < 1.29 is 13.7 Å². The van der Waals surface area contributed by atoms with E-state index in [0.717, 1.165) is 61.0 Å². The molecule has 0 unspecified atom stereocenters. The highest BCUT2D eigenvalue weighted by Gasteiger charge is 2.52. The van der Waals surface area contributed by atoms with Gasteiger partial charge in [-0.3, -0.25) is 0 Å². The van der Waals surface area contributed by atoms with Crippen molar-refractivity contribution in [1.29, 1.82) is 0 Å². The minimum absolute atomic E-state index is 0.467. The molecule has 9 aromatic rings. The molecule has 3 heterocycles. The fourth-order valence-corrected chi connectivity index (χ4v) is 8.74. The molecule has 0 atom stereocenters. The Labute approximate surface area is 307 Å². The number of hydrogen-bond donors (Lipinski definition) is 0. The maximum Gasteiger partial charge on any atom is 0.498 e. The van der Waals surface area contributed by atoms with Crippen LogP contribution in [0.2, 0.25) is 0 Å². The second-order valence-electron chi connectivity index (χ2n) is 14.8. The van der Waals surface area contributed by atoms with E-state index in [9.17, 15) is 0 Å². The fourth-order valence-electron chi connectivity index (χ4n) is 7.65. The van der Waals surface area contributed by atoms with Crippen molar-refractivity contribution in [3.8, 4) is 11.1 Å². The number of benzene rings is 7. The van der Waals surface area contributed by atoms with Gasteiger partial charge in [0.25, 0.3) is 0 Å². The molecule has 1 saturated heterocycles. The first kappa shape index (κ1) is 31.3. The van der Waals surface area contributed by atoms with Crippen molar-refractivity contribution in [2.75, 3.05) is 4.90 Å². The Morgan fingerprint density at radius 3 is 1.94 bits per heavy atom. The van der Waals surface area contributed by atoms with Gasteiger partial charge < -0.3 is 18.6 Å². The molecule has 0 aliphatic carbocycles. The lowest BCUT2D eigenvalue weighted by atomic mass is 9.77. The monoisotopic (exact) mass is 693 g/mol. The molecule has 0 amide bonds. The summed E-state index contributed by atoms with van der Waals surface area (Å²) in [4.78, 5) is 2.34. The molecule has 0 radical (unpaired) electrons. The number of fused-ring (bicyclic) bond motifs is 7. The van der Waals surface area contributed by atoms with E-state index in [-0.39, 0.29) is 0 Å². The normalized spacial score (nSPS) is 15.4. The van der Waals surface area contributed by atoms with Gasteiger partial charge in [-0.15, -0.1) is 11.3 Å². The lowest BCUT2D eigenvalue weighted by Gasteiger charge is -2.32. The van der Waals surface area contributed by atoms with Crippen LogP contribution < -0.4 is 10.4 Å². The topological polar surface area (TPSA) is 34.8 Å². The Balaban J connectivity index is 1.13. The van der Waals surface area contributed by atoms with Crippen LogP contribution in [0.1, 0.15) is 27.7 Å². The van der Waals surface area contributed by atoms with Crippen molar-refractivity contribution >= 4 is 93.9 Å². The molecular formula is C46H36BNO3S. The Hall–Kier alpha value is -5.40. The Morgan fingerprint density at radius 2 is 1.17 bits per heavy atom. The highest BCUT2D eigenvalue weighted by molar-refractivity contribution is 7.25. The van der Waals surface area contributed by atoms with Crippen LogP contribution in [0.15, 0.2) is 150 Å². The molecule has 0 N–H and O–H groups in total. The molecule has 52 heavy (non-hydrogen) atoms. The Bertz CT molecular complexity index is 2800. The van der Waals surface area contributed by atoms with Crippen LogP contribution in [0.3, 0.4) is 0 Å². The van der Waals surface area contributed by atoms with Crippen molar-refractivity contribution in [3.63, 3.8) is 0 Å². The van der Waals surface area contributed by atoms with Gasteiger partial charge in [-0.25, -0.2) is 0 Å². The van der Waals surface area contributed by atoms with Gasteiger partial charge in [-0.2, -0.15) is 0 Å².